The topological polar surface area (TPSA) is 149 Å². The van der Waals surface area contributed by atoms with Gasteiger partial charge in [0.05, 0.1) is 0 Å². The summed E-state index contributed by atoms with van der Waals surface area (Å²) < 4.78 is 68.6. The SMILES string of the molecule is [K+].[K+].[O]=[Mn](=[O])(=[O])[O-].[O]=[Mn](=[O])(=[O])[O-]. The maximum absolute atomic E-state index is 8.58. The molecule has 0 amide bonds. The van der Waals surface area contributed by atoms with Crippen LogP contribution >= 0.6 is 0 Å². The molecular weight excluding hydrogens is 316 g/mol. The van der Waals surface area contributed by atoms with Crippen LogP contribution in [0.25, 0.3) is 0 Å². The van der Waals surface area contributed by atoms with Crippen molar-refractivity contribution in [3.05, 3.63) is 0 Å². The molecule has 0 aromatic rings. The number of hydrogen-bond donors (Lipinski definition) is 0. The summed E-state index contributed by atoms with van der Waals surface area (Å²) in [6.45, 7) is 0. The van der Waals surface area contributed by atoms with Gasteiger partial charge in [0.1, 0.15) is 0 Å². The molecule has 8 nitrogen and oxygen atoms in total. The minimum absolute atomic E-state index is 0. The van der Waals surface area contributed by atoms with Crippen molar-refractivity contribution in [1.82, 2.24) is 0 Å². The summed E-state index contributed by atoms with van der Waals surface area (Å²) in [5.74, 6) is 0. The molecule has 0 radical (unpaired) electrons. The second-order valence-corrected chi connectivity index (χ2v) is 3.12. The molecule has 0 aliphatic heterocycles. The first kappa shape index (κ1) is 24.3. The molecule has 0 heterocycles. The summed E-state index contributed by atoms with van der Waals surface area (Å²) in [7, 11) is 0. The van der Waals surface area contributed by atoms with Gasteiger partial charge in [-0.05, 0) is 0 Å². The van der Waals surface area contributed by atoms with Gasteiger partial charge >= 0.3 is 160 Å². The first-order chi connectivity index (χ1) is 4.00. The van der Waals surface area contributed by atoms with Crippen LogP contribution in [0.15, 0.2) is 0 Å². The Morgan fingerprint density at radius 2 is 0.583 bits per heavy atom. The van der Waals surface area contributed by atoms with Gasteiger partial charge in [-0.15, -0.1) is 0 Å². The van der Waals surface area contributed by atoms with Gasteiger partial charge in [0.15, 0.2) is 0 Å². The zero-order valence-electron chi connectivity index (χ0n) is 6.02. The summed E-state index contributed by atoms with van der Waals surface area (Å²) in [6.07, 6.45) is 0. The molecule has 0 atom stereocenters. The molecule has 0 aromatic carbocycles. The van der Waals surface area contributed by atoms with Crippen LogP contribution in [0.1, 0.15) is 0 Å². The van der Waals surface area contributed by atoms with E-state index >= 15 is 0 Å². The first-order valence-corrected chi connectivity index (χ1v) is 5.09. The van der Waals surface area contributed by atoms with Crippen LogP contribution in [-0.4, -0.2) is 0 Å². The fourth-order valence-corrected chi connectivity index (χ4v) is 0. The van der Waals surface area contributed by atoms with E-state index < -0.39 is 25.9 Å². The van der Waals surface area contributed by atoms with Gasteiger partial charge in [0.25, 0.3) is 0 Å². The summed E-state index contributed by atoms with van der Waals surface area (Å²) in [4.78, 5) is 0. The molecule has 0 aromatic heterocycles. The van der Waals surface area contributed by atoms with Gasteiger partial charge in [0.2, 0.25) is 0 Å². The Labute approximate surface area is 156 Å². The van der Waals surface area contributed by atoms with E-state index in [1.54, 1.807) is 0 Å². The van der Waals surface area contributed by atoms with E-state index in [4.69, 9.17) is 31.4 Å². The van der Waals surface area contributed by atoms with Crippen LogP contribution in [0, 0.1) is 0 Å². The molecule has 12 heavy (non-hydrogen) atoms. The van der Waals surface area contributed by atoms with Crippen molar-refractivity contribution >= 4 is 0 Å². The Morgan fingerprint density at radius 3 is 0.583 bits per heavy atom. The Balaban J connectivity index is -0.0000000457. The molecule has 0 spiro atoms. The van der Waals surface area contributed by atoms with Crippen LogP contribution in [0.3, 0.4) is 0 Å². The third kappa shape index (κ3) is 205. The van der Waals surface area contributed by atoms with Crippen LogP contribution in [0.4, 0.5) is 0 Å². The molecule has 0 saturated carbocycles. The molecule has 64 valence electrons. The molecule has 0 N–H and O–H groups in total. The fourth-order valence-electron chi connectivity index (χ4n) is 0. The second kappa shape index (κ2) is 10.5. The molecule has 0 fully saturated rings. The normalized spacial score (nSPS) is 9.50. The average molecular weight is 316 g/mol. The number of rotatable bonds is 0. The monoisotopic (exact) mass is 316 g/mol. The quantitative estimate of drug-likeness (QED) is 0.400. The minimum atomic E-state index is -5.62. The molecule has 0 unspecified atom stereocenters. The van der Waals surface area contributed by atoms with E-state index in [9.17, 15) is 0 Å². The summed E-state index contributed by atoms with van der Waals surface area (Å²) in [6, 6.07) is 0. The Kier molecular flexibility index (Phi) is 21.4. The van der Waals surface area contributed by atoms with Gasteiger partial charge in [0, 0.05) is 0 Å². The molecular formula is K2Mn2O8. The molecule has 12 heteroatoms. The Hall–Kier alpha value is 3.03. The van der Waals surface area contributed by atoms with Gasteiger partial charge in [-0.3, -0.25) is 0 Å². The van der Waals surface area contributed by atoms with Crippen molar-refractivity contribution in [2.75, 3.05) is 0 Å². The van der Waals surface area contributed by atoms with E-state index in [0.717, 1.165) is 0 Å². The van der Waals surface area contributed by atoms with Crippen LogP contribution < -0.4 is 111 Å². The van der Waals surface area contributed by atoms with Crippen molar-refractivity contribution in [2.45, 2.75) is 0 Å². The first-order valence-electron chi connectivity index (χ1n) is 1.23. The predicted octanol–water partition coefficient (Wildman–Crippen LogP) is -9.09. The van der Waals surface area contributed by atoms with E-state index in [-0.39, 0.29) is 103 Å². The van der Waals surface area contributed by atoms with Crippen LogP contribution in [0.2, 0.25) is 0 Å². The third-order valence-electron chi connectivity index (χ3n) is 0. The second-order valence-electron chi connectivity index (χ2n) is 0.756. The van der Waals surface area contributed by atoms with Crippen molar-refractivity contribution in [2.24, 2.45) is 0 Å². The zero-order chi connectivity index (χ0) is 9.00. The van der Waals surface area contributed by atoms with Crippen molar-refractivity contribution < 1.29 is 160 Å². The average Bonchev–Trinajstić information content (AvgIpc) is 1.12. The molecule has 0 aliphatic carbocycles. The molecule has 0 aliphatic rings. The summed E-state index contributed by atoms with van der Waals surface area (Å²) in [5.41, 5.74) is 0. The van der Waals surface area contributed by atoms with Crippen LogP contribution in [0.5, 0.6) is 0 Å². The van der Waals surface area contributed by atoms with E-state index in [2.05, 4.69) is 0 Å². The fraction of sp³-hybridized carbons (Fsp3) is 0. The zero-order valence-corrected chi connectivity index (χ0v) is 14.6. The van der Waals surface area contributed by atoms with Gasteiger partial charge < -0.3 is 0 Å². The van der Waals surface area contributed by atoms with E-state index in [1.807, 2.05) is 0 Å². The molecule has 0 saturated heterocycles. The number of hydrogen-bond acceptors (Lipinski definition) is 8. The van der Waals surface area contributed by atoms with Gasteiger partial charge in [-0.1, -0.05) is 0 Å². The van der Waals surface area contributed by atoms with Crippen LogP contribution in [-0.2, 0) is 48.9 Å². The van der Waals surface area contributed by atoms with Crippen molar-refractivity contribution in [3.63, 3.8) is 0 Å². The molecule has 0 rings (SSSR count). The summed E-state index contributed by atoms with van der Waals surface area (Å²) >= 11 is -11.2. The maximum atomic E-state index is 8.58. The van der Waals surface area contributed by atoms with Crippen molar-refractivity contribution in [1.29, 1.82) is 0 Å². The Morgan fingerprint density at radius 1 is 0.583 bits per heavy atom. The third-order valence-corrected chi connectivity index (χ3v) is 0. The summed E-state index contributed by atoms with van der Waals surface area (Å²) in [5, 5.41) is 0. The predicted molar refractivity (Wildman–Crippen MR) is 4.12 cm³/mol. The van der Waals surface area contributed by atoms with E-state index in [1.165, 1.54) is 0 Å². The van der Waals surface area contributed by atoms with Crippen molar-refractivity contribution in [3.8, 4) is 0 Å². The molecule has 0 bridgehead atoms. The Bertz CT molecular complexity index is 299. The standard InChI is InChI=1S/2K.2Mn.8O/q2*+1;;;;;;;;;2*-1. The van der Waals surface area contributed by atoms with E-state index in [0.29, 0.717) is 0 Å². The van der Waals surface area contributed by atoms with Gasteiger partial charge in [-0.25, -0.2) is 0 Å². The van der Waals surface area contributed by atoms with Gasteiger partial charge in [-0.2, -0.15) is 0 Å².